The zero-order chi connectivity index (χ0) is 14.0. The third-order valence-electron chi connectivity index (χ3n) is 2.88. The number of hydrogen-bond acceptors (Lipinski definition) is 1. The third kappa shape index (κ3) is 3.38. The molecule has 4 heteroatoms. The second-order valence-corrected chi connectivity index (χ2v) is 5.92. The van der Waals surface area contributed by atoms with Crippen LogP contribution in [0.25, 0.3) is 0 Å². The smallest absolute Gasteiger partial charge is 0.167 e. The van der Waals surface area contributed by atoms with Gasteiger partial charge in [0.1, 0.15) is 0 Å². The first kappa shape index (κ1) is 14.6. The second-order valence-electron chi connectivity index (χ2n) is 4.28. The largest absolute Gasteiger partial charge is 0.294 e. The summed E-state index contributed by atoms with van der Waals surface area (Å²) in [5.74, 6) is 0.0184. The number of rotatable bonds is 3. The fourth-order valence-electron chi connectivity index (χ4n) is 1.73. The fourth-order valence-corrected chi connectivity index (χ4v) is 2.49. The van der Waals surface area contributed by atoms with Crippen LogP contribution in [0.4, 0.5) is 0 Å². The molecule has 0 saturated heterocycles. The van der Waals surface area contributed by atoms with E-state index in [0.717, 1.165) is 15.6 Å². The molecule has 0 radical (unpaired) electrons. The van der Waals surface area contributed by atoms with Crippen molar-refractivity contribution < 1.29 is 4.79 Å². The van der Waals surface area contributed by atoms with Gasteiger partial charge in [0.15, 0.2) is 5.78 Å². The Labute approximate surface area is 130 Å². The van der Waals surface area contributed by atoms with E-state index >= 15 is 0 Å². The Morgan fingerprint density at radius 1 is 1.21 bits per heavy atom. The molecule has 0 bridgehead atoms. The van der Waals surface area contributed by atoms with E-state index in [-0.39, 0.29) is 12.2 Å². The zero-order valence-corrected chi connectivity index (χ0v) is 13.3. The molecule has 0 atom stereocenters. The Bertz CT molecular complexity index is 638. The molecule has 0 N–H and O–H groups in total. The Kier molecular flexibility index (Phi) is 4.67. The van der Waals surface area contributed by atoms with E-state index in [1.54, 1.807) is 12.1 Å². The van der Waals surface area contributed by atoms with Crippen molar-refractivity contribution in [3.8, 4) is 0 Å². The van der Waals surface area contributed by atoms with Crippen molar-refractivity contribution in [1.82, 2.24) is 0 Å². The number of ketones is 1. The topological polar surface area (TPSA) is 17.1 Å². The lowest BCUT2D eigenvalue weighted by Gasteiger charge is -2.06. The van der Waals surface area contributed by atoms with Crippen LogP contribution in [0.15, 0.2) is 40.9 Å². The van der Waals surface area contributed by atoms with Crippen LogP contribution in [-0.2, 0) is 6.42 Å². The molecule has 0 spiro atoms. The van der Waals surface area contributed by atoms with E-state index in [9.17, 15) is 4.79 Å². The maximum Gasteiger partial charge on any atom is 0.167 e. The highest BCUT2D eigenvalue weighted by atomic mass is 79.9. The highest BCUT2D eigenvalue weighted by Gasteiger charge is 2.12. The van der Waals surface area contributed by atoms with Gasteiger partial charge >= 0.3 is 0 Å². The lowest BCUT2D eigenvalue weighted by atomic mass is 10.0. The van der Waals surface area contributed by atoms with Crippen molar-refractivity contribution in [2.75, 3.05) is 0 Å². The molecule has 0 saturated carbocycles. The Hall–Kier alpha value is -0.830. The lowest BCUT2D eigenvalue weighted by Crippen LogP contribution is -2.04. The summed E-state index contributed by atoms with van der Waals surface area (Å²) in [6.07, 6.45) is 0.245. The molecular weight excluding hydrogens is 347 g/mol. The summed E-state index contributed by atoms with van der Waals surface area (Å²) >= 11 is 15.5. The van der Waals surface area contributed by atoms with Gasteiger partial charge in [0.2, 0.25) is 0 Å². The second kappa shape index (κ2) is 6.08. The minimum absolute atomic E-state index is 0.0184. The Morgan fingerprint density at radius 3 is 2.63 bits per heavy atom. The summed E-state index contributed by atoms with van der Waals surface area (Å²) in [6, 6.07) is 10.9. The number of hydrogen-bond donors (Lipinski definition) is 0. The number of halogens is 3. The standard InChI is InChI=1S/C15H11BrCl2O/c1-9-5-6-10(7-12(9)16)14(19)8-11-3-2-4-13(17)15(11)18/h2-7H,8H2,1H3. The first-order valence-electron chi connectivity index (χ1n) is 5.71. The van der Waals surface area contributed by atoms with E-state index < -0.39 is 0 Å². The molecule has 0 aliphatic carbocycles. The average molecular weight is 358 g/mol. The monoisotopic (exact) mass is 356 g/mol. The first-order chi connectivity index (χ1) is 8.99. The number of carbonyl (C=O) groups excluding carboxylic acids is 1. The van der Waals surface area contributed by atoms with Crippen molar-refractivity contribution >= 4 is 44.9 Å². The van der Waals surface area contributed by atoms with Crippen LogP contribution < -0.4 is 0 Å². The van der Waals surface area contributed by atoms with Gasteiger partial charge in [0, 0.05) is 16.5 Å². The van der Waals surface area contributed by atoms with Crippen molar-refractivity contribution in [3.63, 3.8) is 0 Å². The minimum Gasteiger partial charge on any atom is -0.294 e. The predicted octanol–water partition coefficient (Wildman–Crippen LogP) is 5.49. The Balaban J connectivity index is 2.26. The van der Waals surface area contributed by atoms with Crippen molar-refractivity contribution in [2.45, 2.75) is 13.3 Å². The molecule has 0 aliphatic heterocycles. The number of aryl methyl sites for hydroxylation is 1. The summed E-state index contributed by atoms with van der Waals surface area (Å²) in [6.45, 7) is 1.98. The number of Topliss-reactive ketones (excluding diaryl/α,β-unsaturated/α-hetero) is 1. The lowest BCUT2D eigenvalue weighted by molar-refractivity contribution is 0.0993. The van der Waals surface area contributed by atoms with Crippen molar-refractivity contribution in [1.29, 1.82) is 0 Å². The summed E-state index contributed by atoms with van der Waals surface area (Å²) in [5.41, 5.74) is 2.50. The van der Waals surface area contributed by atoms with Gasteiger partial charge < -0.3 is 0 Å². The SMILES string of the molecule is Cc1ccc(C(=O)Cc2cccc(Cl)c2Cl)cc1Br. The predicted molar refractivity (Wildman–Crippen MR) is 83.4 cm³/mol. The van der Waals surface area contributed by atoms with Gasteiger partial charge in [-0.25, -0.2) is 0 Å². The van der Waals surface area contributed by atoms with E-state index in [0.29, 0.717) is 15.6 Å². The Morgan fingerprint density at radius 2 is 1.95 bits per heavy atom. The summed E-state index contributed by atoms with van der Waals surface area (Å²) in [4.78, 5) is 12.2. The molecule has 2 aromatic carbocycles. The molecule has 0 fully saturated rings. The van der Waals surface area contributed by atoms with Crippen LogP contribution in [0, 0.1) is 6.92 Å². The van der Waals surface area contributed by atoms with Gasteiger partial charge in [-0.05, 0) is 30.2 Å². The minimum atomic E-state index is 0.0184. The van der Waals surface area contributed by atoms with Crippen LogP contribution in [0.3, 0.4) is 0 Å². The molecule has 19 heavy (non-hydrogen) atoms. The van der Waals surface area contributed by atoms with Crippen molar-refractivity contribution in [3.05, 3.63) is 67.6 Å². The number of carbonyl (C=O) groups is 1. The first-order valence-corrected chi connectivity index (χ1v) is 7.26. The molecular formula is C15H11BrCl2O. The number of benzene rings is 2. The van der Waals surface area contributed by atoms with Gasteiger partial charge in [-0.2, -0.15) is 0 Å². The fraction of sp³-hybridized carbons (Fsp3) is 0.133. The summed E-state index contributed by atoms with van der Waals surface area (Å²) < 4.78 is 0.926. The molecule has 0 unspecified atom stereocenters. The highest BCUT2D eigenvalue weighted by Crippen LogP contribution is 2.27. The molecule has 2 rings (SSSR count). The van der Waals surface area contributed by atoms with E-state index in [1.165, 1.54) is 0 Å². The van der Waals surface area contributed by atoms with Crippen LogP contribution >= 0.6 is 39.1 Å². The molecule has 1 nitrogen and oxygen atoms in total. The zero-order valence-electron chi connectivity index (χ0n) is 10.2. The maximum atomic E-state index is 12.2. The van der Waals surface area contributed by atoms with Gasteiger partial charge in [0.25, 0.3) is 0 Å². The molecule has 2 aromatic rings. The summed E-state index contributed by atoms with van der Waals surface area (Å²) in [7, 11) is 0. The highest BCUT2D eigenvalue weighted by molar-refractivity contribution is 9.10. The molecule has 0 heterocycles. The molecule has 0 aliphatic rings. The quantitative estimate of drug-likeness (QED) is 0.664. The molecule has 0 aromatic heterocycles. The van der Waals surface area contributed by atoms with E-state index in [4.69, 9.17) is 23.2 Å². The molecule has 98 valence electrons. The summed E-state index contributed by atoms with van der Waals surface area (Å²) in [5, 5.41) is 0.917. The van der Waals surface area contributed by atoms with Crippen molar-refractivity contribution in [2.24, 2.45) is 0 Å². The van der Waals surface area contributed by atoms with Gasteiger partial charge in [-0.15, -0.1) is 0 Å². The maximum absolute atomic E-state index is 12.2. The van der Waals surface area contributed by atoms with E-state index in [1.807, 2.05) is 31.2 Å². The van der Waals surface area contributed by atoms with Crippen LogP contribution in [-0.4, -0.2) is 5.78 Å². The molecule has 0 amide bonds. The van der Waals surface area contributed by atoms with Gasteiger partial charge in [0.05, 0.1) is 10.0 Å². The van der Waals surface area contributed by atoms with Gasteiger partial charge in [-0.3, -0.25) is 4.79 Å². The van der Waals surface area contributed by atoms with Crippen LogP contribution in [0.2, 0.25) is 10.0 Å². The third-order valence-corrected chi connectivity index (χ3v) is 4.59. The average Bonchev–Trinajstić information content (AvgIpc) is 2.38. The van der Waals surface area contributed by atoms with Crippen LogP contribution in [0.1, 0.15) is 21.5 Å². The van der Waals surface area contributed by atoms with E-state index in [2.05, 4.69) is 15.9 Å². The van der Waals surface area contributed by atoms with Gasteiger partial charge in [-0.1, -0.05) is 63.4 Å². The van der Waals surface area contributed by atoms with Crippen LogP contribution in [0.5, 0.6) is 0 Å². The normalized spacial score (nSPS) is 10.5.